The number of hydrogen-bond acceptors (Lipinski definition) is 2. The van der Waals surface area contributed by atoms with Crippen molar-refractivity contribution in [3.05, 3.63) is 60.2 Å². The van der Waals surface area contributed by atoms with Gasteiger partial charge in [-0.25, -0.2) is 9.37 Å². The van der Waals surface area contributed by atoms with Crippen molar-refractivity contribution in [2.45, 2.75) is 13.0 Å². The lowest BCUT2D eigenvalue weighted by Crippen LogP contribution is -1.99. The van der Waals surface area contributed by atoms with Gasteiger partial charge >= 0.3 is 0 Å². The Labute approximate surface area is 109 Å². The third-order valence-electron chi connectivity index (χ3n) is 3.16. The molecule has 0 aliphatic carbocycles. The van der Waals surface area contributed by atoms with Crippen molar-refractivity contribution in [1.29, 1.82) is 0 Å². The number of nitrogens with zero attached hydrogens (tertiary/aromatic N) is 2. The monoisotopic (exact) mass is 256 g/mol. The molecule has 0 saturated heterocycles. The Balaban J connectivity index is 1.80. The van der Waals surface area contributed by atoms with Gasteiger partial charge in [-0.2, -0.15) is 0 Å². The summed E-state index contributed by atoms with van der Waals surface area (Å²) in [7, 11) is 0. The van der Waals surface area contributed by atoms with E-state index in [2.05, 4.69) is 4.98 Å². The Kier molecular flexibility index (Phi) is 2.91. The highest BCUT2D eigenvalue weighted by Gasteiger charge is 2.03. The van der Waals surface area contributed by atoms with E-state index in [1.54, 1.807) is 24.5 Å². The van der Waals surface area contributed by atoms with Crippen molar-refractivity contribution < 1.29 is 9.50 Å². The molecule has 0 aliphatic heterocycles. The normalized spacial score (nSPS) is 11.0. The fourth-order valence-electron chi connectivity index (χ4n) is 2.13. The Morgan fingerprint density at radius 1 is 1.11 bits per heavy atom. The Bertz CT molecular complexity index is 704. The largest absolute Gasteiger partial charge is 0.508 e. The molecule has 1 aromatic heterocycles. The second-order valence-electron chi connectivity index (χ2n) is 4.49. The summed E-state index contributed by atoms with van der Waals surface area (Å²) in [6, 6.07) is 11.8. The molecule has 0 bridgehead atoms. The molecule has 2 aromatic carbocycles. The zero-order valence-corrected chi connectivity index (χ0v) is 10.3. The molecule has 3 rings (SSSR count). The van der Waals surface area contributed by atoms with E-state index in [0.29, 0.717) is 5.52 Å². The van der Waals surface area contributed by atoms with Crippen LogP contribution in [0.2, 0.25) is 0 Å². The van der Waals surface area contributed by atoms with E-state index < -0.39 is 0 Å². The number of hydrogen-bond donors (Lipinski definition) is 1. The van der Waals surface area contributed by atoms with Crippen LogP contribution in [0.5, 0.6) is 5.75 Å². The van der Waals surface area contributed by atoms with Crippen LogP contribution in [0.4, 0.5) is 4.39 Å². The molecule has 4 heteroatoms. The first-order valence-corrected chi connectivity index (χ1v) is 6.11. The van der Waals surface area contributed by atoms with Crippen LogP contribution in [-0.4, -0.2) is 14.7 Å². The summed E-state index contributed by atoms with van der Waals surface area (Å²) < 4.78 is 15.1. The average Bonchev–Trinajstić information content (AvgIpc) is 2.80. The first-order chi connectivity index (χ1) is 9.22. The number of imidazole rings is 1. The second-order valence-corrected chi connectivity index (χ2v) is 4.49. The maximum Gasteiger partial charge on any atom is 0.125 e. The number of halogens is 1. The molecule has 0 amide bonds. The van der Waals surface area contributed by atoms with Crippen molar-refractivity contribution in [2.75, 3.05) is 0 Å². The molecule has 0 fully saturated rings. The quantitative estimate of drug-likeness (QED) is 0.781. The molecular weight excluding hydrogens is 243 g/mol. The molecular formula is C15H13FN2O. The zero-order chi connectivity index (χ0) is 13.2. The maximum absolute atomic E-state index is 13.1. The minimum atomic E-state index is -0.267. The average molecular weight is 256 g/mol. The van der Waals surface area contributed by atoms with Gasteiger partial charge in [-0.3, -0.25) is 0 Å². The van der Waals surface area contributed by atoms with Crippen LogP contribution in [0, 0.1) is 5.82 Å². The third kappa shape index (κ3) is 2.42. The van der Waals surface area contributed by atoms with Gasteiger partial charge < -0.3 is 9.67 Å². The fraction of sp³-hybridized carbons (Fsp3) is 0.133. The van der Waals surface area contributed by atoms with Crippen molar-refractivity contribution in [3.63, 3.8) is 0 Å². The van der Waals surface area contributed by atoms with Crippen LogP contribution in [0.3, 0.4) is 0 Å². The standard InChI is InChI=1S/C15H13FN2O/c16-12-3-6-15-14(9-12)17-10-18(15)8-7-11-1-4-13(19)5-2-11/h1-6,9-10,19H,7-8H2. The highest BCUT2D eigenvalue weighted by atomic mass is 19.1. The summed E-state index contributed by atoms with van der Waals surface area (Å²) in [6.07, 6.45) is 2.56. The number of fused-ring (bicyclic) bond motifs is 1. The van der Waals surface area contributed by atoms with Gasteiger partial charge in [-0.05, 0) is 36.2 Å². The predicted molar refractivity (Wildman–Crippen MR) is 71.5 cm³/mol. The van der Waals surface area contributed by atoms with E-state index in [9.17, 15) is 9.50 Å². The van der Waals surface area contributed by atoms with Gasteiger partial charge in [0.15, 0.2) is 0 Å². The minimum absolute atomic E-state index is 0.267. The first-order valence-electron chi connectivity index (χ1n) is 6.11. The van der Waals surface area contributed by atoms with Crippen LogP contribution in [0.15, 0.2) is 48.8 Å². The van der Waals surface area contributed by atoms with E-state index in [0.717, 1.165) is 24.0 Å². The molecule has 1 N–H and O–H groups in total. The molecule has 0 spiro atoms. The second kappa shape index (κ2) is 4.72. The van der Waals surface area contributed by atoms with Gasteiger partial charge in [0.1, 0.15) is 11.6 Å². The maximum atomic E-state index is 13.1. The van der Waals surface area contributed by atoms with E-state index >= 15 is 0 Å². The van der Waals surface area contributed by atoms with Crippen LogP contribution < -0.4 is 0 Å². The Hall–Kier alpha value is -2.36. The molecule has 0 radical (unpaired) electrons. The molecule has 96 valence electrons. The van der Waals surface area contributed by atoms with Crippen LogP contribution in [0.25, 0.3) is 11.0 Å². The molecule has 19 heavy (non-hydrogen) atoms. The summed E-state index contributed by atoms with van der Waals surface area (Å²) in [4.78, 5) is 4.19. The van der Waals surface area contributed by atoms with Crippen LogP contribution >= 0.6 is 0 Å². The number of aromatic hydroxyl groups is 1. The van der Waals surface area contributed by atoms with Crippen molar-refractivity contribution in [3.8, 4) is 5.75 Å². The van der Waals surface area contributed by atoms with E-state index in [1.165, 1.54) is 12.1 Å². The number of benzene rings is 2. The molecule has 0 unspecified atom stereocenters. The molecule has 1 heterocycles. The molecule has 0 atom stereocenters. The molecule has 0 saturated carbocycles. The van der Waals surface area contributed by atoms with Crippen LogP contribution in [0.1, 0.15) is 5.56 Å². The molecule has 0 aliphatic rings. The van der Waals surface area contributed by atoms with Gasteiger partial charge in [-0.1, -0.05) is 12.1 Å². The number of phenols is 1. The van der Waals surface area contributed by atoms with Gasteiger partial charge in [0.05, 0.1) is 17.4 Å². The summed E-state index contributed by atoms with van der Waals surface area (Å²) in [5.74, 6) is 0.00332. The zero-order valence-electron chi connectivity index (χ0n) is 10.3. The summed E-state index contributed by atoms with van der Waals surface area (Å²) in [5.41, 5.74) is 2.74. The lowest BCUT2D eigenvalue weighted by Gasteiger charge is -2.05. The lowest BCUT2D eigenvalue weighted by molar-refractivity contribution is 0.475. The number of rotatable bonds is 3. The van der Waals surface area contributed by atoms with E-state index in [-0.39, 0.29) is 11.6 Å². The van der Waals surface area contributed by atoms with Crippen molar-refractivity contribution in [2.24, 2.45) is 0 Å². The van der Waals surface area contributed by atoms with Gasteiger partial charge in [0.2, 0.25) is 0 Å². The smallest absolute Gasteiger partial charge is 0.125 e. The topological polar surface area (TPSA) is 38.0 Å². The number of phenolic OH excluding ortho intramolecular Hbond substituents is 1. The first kappa shape index (κ1) is 11.7. The van der Waals surface area contributed by atoms with Gasteiger partial charge in [-0.15, -0.1) is 0 Å². The Morgan fingerprint density at radius 2 is 1.89 bits per heavy atom. The van der Waals surface area contributed by atoms with E-state index in [1.807, 2.05) is 16.7 Å². The van der Waals surface area contributed by atoms with E-state index in [4.69, 9.17) is 0 Å². The minimum Gasteiger partial charge on any atom is -0.508 e. The predicted octanol–water partition coefficient (Wildman–Crippen LogP) is 3.12. The number of aromatic nitrogens is 2. The highest BCUT2D eigenvalue weighted by Crippen LogP contribution is 2.16. The Morgan fingerprint density at radius 3 is 2.68 bits per heavy atom. The summed E-state index contributed by atoms with van der Waals surface area (Å²) in [5, 5.41) is 9.23. The summed E-state index contributed by atoms with van der Waals surface area (Å²) in [6.45, 7) is 0.771. The lowest BCUT2D eigenvalue weighted by atomic mass is 10.1. The molecule has 3 nitrogen and oxygen atoms in total. The van der Waals surface area contributed by atoms with Gasteiger partial charge in [0, 0.05) is 12.6 Å². The fourth-order valence-corrected chi connectivity index (χ4v) is 2.13. The summed E-state index contributed by atoms with van der Waals surface area (Å²) >= 11 is 0. The SMILES string of the molecule is Oc1ccc(CCn2cnc3cc(F)ccc32)cc1. The van der Waals surface area contributed by atoms with Crippen LogP contribution in [-0.2, 0) is 13.0 Å². The molecule has 3 aromatic rings. The van der Waals surface area contributed by atoms with Crippen molar-refractivity contribution >= 4 is 11.0 Å². The highest BCUT2D eigenvalue weighted by molar-refractivity contribution is 5.75. The number of aryl methyl sites for hydroxylation is 2. The third-order valence-corrected chi connectivity index (χ3v) is 3.16. The van der Waals surface area contributed by atoms with Gasteiger partial charge in [0.25, 0.3) is 0 Å². The van der Waals surface area contributed by atoms with Crippen molar-refractivity contribution in [1.82, 2.24) is 9.55 Å².